The van der Waals surface area contributed by atoms with Crippen LogP contribution in [0.15, 0.2) is 12.3 Å². The first kappa shape index (κ1) is 11.9. The molecule has 0 aliphatic heterocycles. The quantitative estimate of drug-likeness (QED) is 0.640. The molecule has 5 nitrogen and oxygen atoms in total. The second-order valence-corrected chi connectivity index (χ2v) is 3.33. The Hall–Kier alpha value is -1.17. The van der Waals surface area contributed by atoms with Crippen LogP contribution in [-0.2, 0) is 0 Å². The average molecular weight is 212 g/mol. The summed E-state index contributed by atoms with van der Waals surface area (Å²) in [5.41, 5.74) is 6.63. The van der Waals surface area contributed by atoms with Gasteiger partial charge in [0.25, 0.3) is 0 Å². The Kier molecular flexibility index (Phi) is 4.02. The molecule has 1 aromatic rings. The fourth-order valence-electron chi connectivity index (χ4n) is 1.30. The third-order valence-electron chi connectivity index (χ3n) is 2.26. The minimum Gasteiger partial charge on any atom is -0.481 e. The maximum Gasteiger partial charge on any atom is 0.213 e. The summed E-state index contributed by atoms with van der Waals surface area (Å²) in [5, 5.41) is 19.1. The van der Waals surface area contributed by atoms with Crippen molar-refractivity contribution in [1.29, 1.82) is 0 Å². The Morgan fingerprint density at radius 3 is 2.67 bits per heavy atom. The lowest BCUT2D eigenvalue weighted by atomic mass is 10.0. The molecule has 4 N–H and O–H groups in total. The van der Waals surface area contributed by atoms with Crippen LogP contribution in [0, 0.1) is 6.92 Å². The van der Waals surface area contributed by atoms with E-state index in [9.17, 15) is 10.2 Å². The summed E-state index contributed by atoms with van der Waals surface area (Å²) in [6.07, 6.45) is -0.496. The Morgan fingerprint density at radius 2 is 2.20 bits per heavy atom. The Balaban J connectivity index is 2.95. The number of ether oxygens (including phenoxy) is 1. The Labute approximate surface area is 88.5 Å². The second kappa shape index (κ2) is 5.06. The SMILES string of the molecule is COc1cc(C)c(C(O)C(O)CN)cn1. The number of hydrogen-bond acceptors (Lipinski definition) is 5. The largest absolute Gasteiger partial charge is 0.481 e. The third kappa shape index (κ3) is 2.65. The number of hydrogen-bond donors (Lipinski definition) is 3. The summed E-state index contributed by atoms with van der Waals surface area (Å²) in [6.45, 7) is 1.82. The number of rotatable bonds is 4. The van der Waals surface area contributed by atoms with Crippen LogP contribution >= 0.6 is 0 Å². The molecule has 0 saturated carbocycles. The number of pyridine rings is 1. The van der Waals surface area contributed by atoms with Crippen molar-refractivity contribution in [3.8, 4) is 5.88 Å². The van der Waals surface area contributed by atoms with Crippen LogP contribution in [0.2, 0.25) is 0 Å². The molecule has 1 rings (SSSR count). The molecule has 0 saturated heterocycles. The van der Waals surface area contributed by atoms with Gasteiger partial charge < -0.3 is 20.7 Å². The highest BCUT2D eigenvalue weighted by atomic mass is 16.5. The topological polar surface area (TPSA) is 88.6 Å². The predicted molar refractivity (Wildman–Crippen MR) is 55.5 cm³/mol. The molecule has 5 heteroatoms. The monoisotopic (exact) mass is 212 g/mol. The number of nitrogens with zero attached hydrogens (tertiary/aromatic N) is 1. The van der Waals surface area contributed by atoms with E-state index in [2.05, 4.69) is 4.98 Å². The first-order chi connectivity index (χ1) is 7.10. The molecule has 0 aliphatic carbocycles. The molecule has 0 amide bonds. The van der Waals surface area contributed by atoms with Crippen molar-refractivity contribution in [3.05, 3.63) is 23.4 Å². The van der Waals surface area contributed by atoms with E-state index in [1.54, 1.807) is 6.07 Å². The van der Waals surface area contributed by atoms with E-state index >= 15 is 0 Å². The molecule has 1 heterocycles. The van der Waals surface area contributed by atoms with Crippen molar-refractivity contribution < 1.29 is 14.9 Å². The lowest BCUT2D eigenvalue weighted by Crippen LogP contribution is -2.27. The van der Waals surface area contributed by atoms with Crippen LogP contribution in [0.5, 0.6) is 5.88 Å². The van der Waals surface area contributed by atoms with E-state index in [0.29, 0.717) is 11.4 Å². The van der Waals surface area contributed by atoms with Crippen LogP contribution in [0.3, 0.4) is 0 Å². The summed E-state index contributed by atoms with van der Waals surface area (Å²) in [6, 6.07) is 1.70. The average Bonchev–Trinajstić information content (AvgIpc) is 2.26. The van der Waals surface area contributed by atoms with E-state index in [0.717, 1.165) is 5.56 Å². The molecule has 15 heavy (non-hydrogen) atoms. The maximum absolute atomic E-state index is 9.72. The predicted octanol–water partition coefficient (Wildman–Crippen LogP) is -0.248. The van der Waals surface area contributed by atoms with E-state index in [1.807, 2.05) is 6.92 Å². The van der Waals surface area contributed by atoms with Crippen molar-refractivity contribution in [3.63, 3.8) is 0 Å². The highest BCUT2D eigenvalue weighted by Crippen LogP contribution is 2.22. The van der Waals surface area contributed by atoms with Crippen LogP contribution in [0.25, 0.3) is 0 Å². The van der Waals surface area contributed by atoms with E-state index in [1.165, 1.54) is 13.3 Å². The fraction of sp³-hybridized carbons (Fsp3) is 0.500. The van der Waals surface area contributed by atoms with Gasteiger partial charge in [0.1, 0.15) is 6.10 Å². The van der Waals surface area contributed by atoms with Crippen molar-refractivity contribution in [2.75, 3.05) is 13.7 Å². The number of aliphatic hydroxyl groups is 2. The van der Waals surface area contributed by atoms with Gasteiger partial charge in [-0.05, 0) is 12.5 Å². The minimum absolute atomic E-state index is 0.00658. The molecule has 0 fully saturated rings. The van der Waals surface area contributed by atoms with Crippen molar-refractivity contribution in [1.82, 2.24) is 4.98 Å². The van der Waals surface area contributed by atoms with Gasteiger partial charge >= 0.3 is 0 Å². The first-order valence-corrected chi connectivity index (χ1v) is 4.67. The smallest absolute Gasteiger partial charge is 0.213 e. The summed E-state index contributed by atoms with van der Waals surface area (Å²) in [7, 11) is 1.52. The molecule has 2 unspecified atom stereocenters. The molecular weight excluding hydrogens is 196 g/mol. The minimum atomic E-state index is -1.01. The third-order valence-corrected chi connectivity index (χ3v) is 2.26. The molecule has 0 radical (unpaired) electrons. The van der Waals surface area contributed by atoms with Crippen molar-refractivity contribution in [2.24, 2.45) is 5.73 Å². The molecule has 2 atom stereocenters. The summed E-state index contributed by atoms with van der Waals surface area (Å²) in [5.74, 6) is 0.477. The standard InChI is InChI=1S/C10H16N2O3/c1-6-3-9(15-2)12-5-7(6)10(14)8(13)4-11/h3,5,8,10,13-14H,4,11H2,1-2H3. The van der Waals surface area contributed by atoms with Crippen LogP contribution in [0.1, 0.15) is 17.2 Å². The molecule has 1 aromatic heterocycles. The molecule has 0 aliphatic rings. The van der Waals surface area contributed by atoms with Crippen LogP contribution in [-0.4, -0.2) is 35.0 Å². The van der Waals surface area contributed by atoms with Gasteiger partial charge in [0.2, 0.25) is 5.88 Å². The Bertz CT molecular complexity index is 330. The number of aromatic nitrogens is 1. The van der Waals surface area contributed by atoms with Gasteiger partial charge in [-0.1, -0.05) is 0 Å². The number of aliphatic hydroxyl groups excluding tert-OH is 2. The van der Waals surface area contributed by atoms with E-state index in [-0.39, 0.29) is 6.54 Å². The molecular formula is C10H16N2O3. The molecule has 0 bridgehead atoms. The van der Waals surface area contributed by atoms with Crippen LogP contribution in [0.4, 0.5) is 0 Å². The highest BCUT2D eigenvalue weighted by Gasteiger charge is 2.19. The van der Waals surface area contributed by atoms with E-state index in [4.69, 9.17) is 10.5 Å². The highest BCUT2D eigenvalue weighted by molar-refractivity contribution is 5.30. The van der Waals surface area contributed by atoms with Gasteiger partial charge in [-0.15, -0.1) is 0 Å². The van der Waals surface area contributed by atoms with E-state index < -0.39 is 12.2 Å². The maximum atomic E-state index is 9.72. The van der Waals surface area contributed by atoms with Gasteiger partial charge in [-0.25, -0.2) is 4.98 Å². The summed E-state index contributed by atoms with van der Waals surface area (Å²) in [4.78, 5) is 3.96. The summed E-state index contributed by atoms with van der Waals surface area (Å²) >= 11 is 0. The van der Waals surface area contributed by atoms with Gasteiger partial charge in [0.05, 0.1) is 13.2 Å². The van der Waals surface area contributed by atoms with Crippen molar-refractivity contribution >= 4 is 0 Å². The first-order valence-electron chi connectivity index (χ1n) is 4.67. The van der Waals surface area contributed by atoms with Gasteiger partial charge in [-0.2, -0.15) is 0 Å². The second-order valence-electron chi connectivity index (χ2n) is 3.33. The van der Waals surface area contributed by atoms with Gasteiger partial charge in [0.15, 0.2) is 0 Å². The number of aryl methyl sites for hydroxylation is 1. The van der Waals surface area contributed by atoms with Crippen LogP contribution < -0.4 is 10.5 Å². The lowest BCUT2D eigenvalue weighted by Gasteiger charge is -2.18. The molecule has 0 spiro atoms. The molecule has 84 valence electrons. The lowest BCUT2D eigenvalue weighted by molar-refractivity contribution is 0.0237. The molecule has 0 aromatic carbocycles. The number of nitrogens with two attached hydrogens (primary N) is 1. The zero-order valence-corrected chi connectivity index (χ0v) is 8.84. The zero-order valence-electron chi connectivity index (χ0n) is 8.84. The Morgan fingerprint density at radius 1 is 1.53 bits per heavy atom. The normalized spacial score (nSPS) is 14.7. The van der Waals surface area contributed by atoms with Crippen molar-refractivity contribution in [2.45, 2.75) is 19.1 Å². The zero-order chi connectivity index (χ0) is 11.4. The fourth-order valence-corrected chi connectivity index (χ4v) is 1.30. The van der Waals surface area contributed by atoms with Gasteiger partial charge in [0, 0.05) is 24.4 Å². The summed E-state index contributed by atoms with van der Waals surface area (Å²) < 4.78 is 4.94. The van der Waals surface area contributed by atoms with Gasteiger partial charge in [-0.3, -0.25) is 0 Å². The number of methoxy groups -OCH3 is 1.